The third kappa shape index (κ3) is 3.14. The second-order valence-electron chi connectivity index (χ2n) is 7.18. The van der Waals surface area contributed by atoms with Gasteiger partial charge in [0.2, 0.25) is 0 Å². The summed E-state index contributed by atoms with van der Waals surface area (Å²) in [5.74, 6) is 0. The van der Waals surface area contributed by atoms with Crippen molar-refractivity contribution in [2.45, 2.75) is 41.5 Å². The lowest BCUT2D eigenvalue weighted by Crippen LogP contribution is -1.92. The SMILES string of the molecule is Cc1cc(-c2ccc(C)cc2C)cc(-c2c(C)cc(C)cc2C)c1. The van der Waals surface area contributed by atoms with Gasteiger partial charge in [-0.05, 0) is 92.1 Å². The molecule has 0 atom stereocenters. The van der Waals surface area contributed by atoms with Crippen molar-refractivity contribution in [3.63, 3.8) is 0 Å². The highest BCUT2D eigenvalue weighted by Gasteiger charge is 2.10. The summed E-state index contributed by atoms with van der Waals surface area (Å²) in [7, 11) is 0. The van der Waals surface area contributed by atoms with Gasteiger partial charge in [-0.25, -0.2) is 0 Å². The zero-order valence-corrected chi connectivity index (χ0v) is 15.6. The van der Waals surface area contributed by atoms with E-state index >= 15 is 0 Å². The quantitative estimate of drug-likeness (QED) is 0.484. The summed E-state index contributed by atoms with van der Waals surface area (Å²) >= 11 is 0. The van der Waals surface area contributed by atoms with Crippen molar-refractivity contribution in [3.05, 3.63) is 81.9 Å². The Morgan fingerprint density at radius 3 is 1.62 bits per heavy atom. The summed E-state index contributed by atoms with van der Waals surface area (Å²) in [5.41, 5.74) is 13.3. The molecule has 0 unspecified atom stereocenters. The predicted octanol–water partition coefficient (Wildman–Crippen LogP) is 6.87. The van der Waals surface area contributed by atoms with Crippen LogP contribution < -0.4 is 0 Å². The first-order chi connectivity index (χ1) is 11.3. The summed E-state index contributed by atoms with van der Waals surface area (Å²) < 4.78 is 0. The third-order valence-electron chi connectivity index (χ3n) is 4.74. The van der Waals surface area contributed by atoms with Gasteiger partial charge in [0.1, 0.15) is 0 Å². The molecule has 0 amide bonds. The Morgan fingerprint density at radius 2 is 1.00 bits per heavy atom. The fourth-order valence-corrected chi connectivity index (χ4v) is 3.86. The molecule has 122 valence electrons. The zero-order chi connectivity index (χ0) is 17.4. The van der Waals surface area contributed by atoms with Gasteiger partial charge in [-0.3, -0.25) is 0 Å². The fraction of sp³-hybridized carbons (Fsp3) is 0.250. The van der Waals surface area contributed by atoms with E-state index in [0.29, 0.717) is 0 Å². The van der Waals surface area contributed by atoms with Crippen LogP contribution in [0.3, 0.4) is 0 Å². The molecule has 3 aromatic rings. The van der Waals surface area contributed by atoms with E-state index in [1.807, 2.05) is 0 Å². The highest BCUT2D eigenvalue weighted by atomic mass is 14.1. The summed E-state index contributed by atoms with van der Waals surface area (Å²) in [6.07, 6.45) is 0. The lowest BCUT2D eigenvalue weighted by Gasteiger charge is -2.15. The Morgan fingerprint density at radius 1 is 0.458 bits per heavy atom. The normalized spacial score (nSPS) is 10.9. The zero-order valence-electron chi connectivity index (χ0n) is 15.6. The molecule has 0 bridgehead atoms. The van der Waals surface area contributed by atoms with E-state index in [1.165, 1.54) is 55.6 Å². The molecular formula is C24H26. The average molecular weight is 314 g/mol. The van der Waals surface area contributed by atoms with Crippen LogP contribution in [0.1, 0.15) is 33.4 Å². The third-order valence-corrected chi connectivity index (χ3v) is 4.74. The maximum Gasteiger partial charge on any atom is -0.0125 e. The Kier molecular flexibility index (Phi) is 4.32. The van der Waals surface area contributed by atoms with Crippen LogP contribution >= 0.6 is 0 Å². The Labute approximate surface area is 146 Å². The molecule has 0 saturated heterocycles. The van der Waals surface area contributed by atoms with Crippen LogP contribution in [0.5, 0.6) is 0 Å². The molecule has 0 aliphatic heterocycles. The van der Waals surface area contributed by atoms with Crippen molar-refractivity contribution in [1.82, 2.24) is 0 Å². The van der Waals surface area contributed by atoms with Crippen LogP contribution in [-0.4, -0.2) is 0 Å². The predicted molar refractivity (Wildman–Crippen MR) is 106 cm³/mol. The molecule has 0 heteroatoms. The van der Waals surface area contributed by atoms with E-state index in [1.54, 1.807) is 0 Å². The Hall–Kier alpha value is -2.34. The van der Waals surface area contributed by atoms with Crippen LogP contribution in [0.2, 0.25) is 0 Å². The summed E-state index contributed by atoms with van der Waals surface area (Å²) in [5, 5.41) is 0. The molecule has 3 aromatic carbocycles. The first-order valence-electron chi connectivity index (χ1n) is 8.62. The molecule has 0 radical (unpaired) electrons. The van der Waals surface area contributed by atoms with Crippen molar-refractivity contribution in [3.8, 4) is 22.3 Å². The van der Waals surface area contributed by atoms with Crippen LogP contribution in [0, 0.1) is 41.5 Å². The van der Waals surface area contributed by atoms with Crippen molar-refractivity contribution >= 4 is 0 Å². The van der Waals surface area contributed by atoms with Gasteiger partial charge in [0.15, 0.2) is 0 Å². The van der Waals surface area contributed by atoms with E-state index in [4.69, 9.17) is 0 Å². The van der Waals surface area contributed by atoms with Crippen LogP contribution in [0.15, 0.2) is 48.5 Å². The summed E-state index contributed by atoms with van der Waals surface area (Å²) in [6.45, 7) is 13.1. The Bertz CT molecular complexity index is 890. The van der Waals surface area contributed by atoms with Gasteiger partial charge in [-0.2, -0.15) is 0 Å². The molecule has 0 aromatic heterocycles. The first-order valence-corrected chi connectivity index (χ1v) is 8.62. The fourth-order valence-electron chi connectivity index (χ4n) is 3.86. The molecular weight excluding hydrogens is 288 g/mol. The van der Waals surface area contributed by atoms with Crippen molar-refractivity contribution in [1.29, 1.82) is 0 Å². The molecule has 0 saturated carbocycles. The lowest BCUT2D eigenvalue weighted by atomic mass is 9.89. The van der Waals surface area contributed by atoms with Gasteiger partial charge < -0.3 is 0 Å². The highest BCUT2D eigenvalue weighted by Crippen LogP contribution is 2.34. The lowest BCUT2D eigenvalue weighted by molar-refractivity contribution is 1.31. The molecule has 3 rings (SSSR count). The van der Waals surface area contributed by atoms with Gasteiger partial charge in [0.25, 0.3) is 0 Å². The minimum atomic E-state index is 1.31. The smallest absolute Gasteiger partial charge is 0.0125 e. The number of hydrogen-bond donors (Lipinski definition) is 0. The molecule has 24 heavy (non-hydrogen) atoms. The summed E-state index contributed by atoms with van der Waals surface area (Å²) in [6, 6.07) is 18.2. The standard InChI is InChI=1S/C24H26/c1-15-7-8-23(18(4)9-15)21-12-17(3)13-22(14-21)24-19(5)10-16(2)11-20(24)6/h7-14H,1-6H3. The molecule has 0 aliphatic rings. The van der Waals surface area contributed by atoms with E-state index < -0.39 is 0 Å². The number of hydrogen-bond acceptors (Lipinski definition) is 0. The first kappa shape index (κ1) is 16.5. The molecule has 0 nitrogen and oxygen atoms in total. The van der Waals surface area contributed by atoms with Gasteiger partial charge >= 0.3 is 0 Å². The molecule has 0 N–H and O–H groups in total. The van der Waals surface area contributed by atoms with Gasteiger partial charge in [-0.15, -0.1) is 0 Å². The largest absolute Gasteiger partial charge is 0.0587 e. The van der Waals surface area contributed by atoms with Crippen molar-refractivity contribution < 1.29 is 0 Å². The van der Waals surface area contributed by atoms with E-state index in [-0.39, 0.29) is 0 Å². The number of aryl methyl sites for hydroxylation is 6. The van der Waals surface area contributed by atoms with E-state index in [9.17, 15) is 0 Å². The second-order valence-corrected chi connectivity index (χ2v) is 7.18. The average Bonchev–Trinajstić information content (AvgIpc) is 2.45. The van der Waals surface area contributed by atoms with Gasteiger partial charge in [-0.1, -0.05) is 53.6 Å². The highest BCUT2D eigenvalue weighted by molar-refractivity contribution is 5.79. The minimum absolute atomic E-state index is 1.31. The van der Waals surface area contributed by atoms with Crippen molar-refractivity contribution in [2.24, 2.45) is 0 Å². The van der Waals surface area contributed by atoms with Crippen molar-refractivity contribution in [2.75, 3.05) is 0 Å². The number of rotatable bonds is 2. The van der Waals surface area contributed by atoms with E-state index in [2.05, 4.69) is 90.1 Å². The molecule has 0 heterocycles. The number of benzene rings is 3. The maximum absolute atomic E-state index is 2.34. The molecule has 0 fully saturated rings. The molecule has 0 aliphatic carbocycles. The van der Waals surface area contributed by atoms with Gasteiger partial charge in [0, 0.05) is 0 Å². The van der Waals surface area contributed by atoms with Gasteiger partial charge in [0.05, 0.1) is 0 Å². The monoisotopic (exact) mass is 314 g/mol. The summed E-state index contributed by atoms with van der Waals surface area (Å²) in [4.78, 5) is 0. The van der Waals surface area contributed by atoms with Crippen LogP contribution in [-0.2, 0) is 0 Å². The topological polar surface area (TPSA) is 0 Å². The maximum atomic E-state index is 2.34. The van der Waals surface area contributed by atoms with Crippen LogP contribution in [0.25, 0.3) is 22.3 Å². The van der Waals surface area contributed by atoms with Crippen LogP contribution in [0.4, 0.5) is 0 Å². The van der Waals surface area contributed by atoms with E-state index in [0.717, 1.165) is 0 Å². The minimum Gasteiger partial charge on any atom is -0.0587 e. The molecule has 0 spiro atoms. The second kappa shape index (κ2) is 6.28. The Balaban J connectivity index is 2.21.